The van der Waals surface area contributed by atoms with Crippen LogP contribution >= 0.6 is 11.6 Å². The van der Waals surface area contributed by atoms with Crippen LogP contribution in [0.2, 0.25) is 5.15 Å². The molecular formula is C22H32ClN5O4. The van der Waals surface area contributed by atoms with E-state index in [1.54, 1.807) is 31.4 Å². The molecule has 1 saturated carbocycles. The number of nitrogens with zero attached hydrogens (tertiary/aromatic N) is 3. The zero-order valence-electron chi connectivity index (χ0n) is 19.5. The van der Waals surface area contributed by atoms with Crippen molar-refractivity contribution in [3.8, 4) is 0 Å². The van der Waals surface area contributed by atoms with E-state index in [2.05, 4.69) is 20.6 Å². The van der Waals surface area contributed by atoms with Gasteiger partial charge < -0.3 is 14.8 Å². The third-order valence-electron chi connectivity index (χ3n) is 4.93. The second-order valence-electron chi connectivity index (χ2n) is 10.1. The molecule has 1 fully saturated rings. The molecule has 3 rings (SSSR count). The molecule has 2 aromatic heterocycles. The molecule has 176 valence electrons. The Hall–Kier alpha value is -2.55. The van der Waals surface area contributed by atoms with Gasteiger partial charge in [-0.1, -0.05) is 18.0 Å². The number of carbonyl (C=O) groups is 2. The van der Waals surface area contributed by atoms with Crippen molar-refractivity contribution < 1.29 is 19.1 Å². The smallest absolute Gasteiger partial charge is 0.413 e. The highest BCUT2D eigenvalue weighted by Crippen LogP contribution is 2.35. The topological polar surface area (TPSA) is 107 Å². The number of nitrogens with one attached hydrogen (secondary N) is 2. The number of hydrogen-bond donors (Lipinski definition) is 2. The molecule has 2 amide bonds. The van der Waals surface area contributed by atoms with Crippen molar-refractivity contribution in [2.45, 2.75) is 90.4 Å². The zero-order valence-corrected chi connectivity index (χ0v) is 20.2. The van der Waals surface area contributed by atoms with Crippen molar-refractivity contribution in [2.75, 3.05) is 5.32 Å². The largest absolute Gasteiger partial charge is 0.444 e. The quantitative estimate of drug-likeness (QED) is 0.638. The molecule has 0 unspecified atom stereocenters. The molecule has 10 heteroatoms. The minimum absolute atomic E-state index is 0.0319. The first-order chi connectivity index (χ1) is 14.8. The highest BCUT2D eigenvalue weighted by molar-refractivity contribution is 6.32. The Kier molecular flexibility index (Phi) is 6.88. The highest BCUT2D eigenvalue weighted by atomic mass is 35.5. The lowest BCUT2D eigenvalue weighted by molar-refractivity contribution is 0.0489. The number of rotatable bonds is 3. The van der Waals surface area contributed by atoms with Gasteiger partial charge in [0.05, 0.1) is 12.4 Å². The third kappa shape index (κ3) is 6.25. The van der Waals surface area contributed by atoms with Gasteiger partial charge in [0.25, 0.3) is 0 Å². The monoisotopic (exact) mass is 465 g/mol. The van der Waals surface area contributed by atoms with Gasteiger partial charge in [-0.05, 0) is 60.8 Å². The van der Waals surface area contributed by atoms with Crippen molar-refractivity contribution in [1.29, 1.82) is 0 Å². The summed E-state index contributed by atoms with van der Waals surface area (Å²) in [7, 11) is 0. The van der Waals surface area contributed by atoms with Crippen LogP contribution in [0.1, 0.15) is 79.0 Å². The SMILES string of the molecule is CC(C)(C)OC(=O)Nc1cnc(Cl)c2cnc([C@@H]3CCC[C@@H](NC(=O)OC(C)(C)C)C3)n12. The zero-order chi connectivity index (χ0) is 23.7. The van der Waals surface area contributed by atoms with Crippen molar-refractivity contribution in [1.82, 2.24) is 19.7 Å². The van der Waals surface area contributed by atoms with Crippen LogP contribution in [-0.2, 0) is 9.47 Å². The minimum Gasteiger partial charge on any atom is -0.444 e. The molecule has 2 aromatic rings. The first-order valence-electron chi connectivity index (χ1n) is 10.8. The third-order valence-corrected chi connectivity index (χ3v) is 5.22. The van der Waals surface area contributed by atoms with Gasteiger partial charge in [0.1, 0.15) is 28.4 Å². The van der Waals surface area contributed by atoms with E-state index in [9.17, 15) is 9.59 Å². The Morgan fingerprint density at radius 3 is 2.34 bits per heavy atom. The van der Waals surface area contributed by atoms with Gasteiger partial charge in [-0.15, -0.1) is 0 Å². The minimum atomic E-state index is -0.634. The van der Waals surface area contributed by atoms with Crippen LogP contribution < -0.4 is 10.6 Å². The summed E-state index contributed by atoms with van der Waals surface area (Å²) in [6.45, 7) is 10.9. The van der Waals surface area contributed by atoms with E-state index >= 15 is 0 Å². The summed E-state index contributed by atoms with van der Waals surface area (Å²) < 4.78 is 12.6. The van der Waals surface area contributed by atoms with Crippen molar-refractivity contribution in [3.63, 3.8) is 0 Å². The van der Waals surface area contributed by atoms with Gasteiger partial charge in [0, 0.05) is 12.0 Å². The Labute approximate surface area is 193 Å². The van der Waals surface area contributed by atoms with Crippen LogP contribution in [0.4, 0.5) is 15.4 Å². The number of hydrogen-bond acceptors (Lipinski definition) is 6. The number of alkyl carbamates (subject to hydrolysis) is 1. The lowest BCUT2D eigenvalue weighted by Crippen LogP contribution is -2.41. The summed E-state index contributed by atoms with van der Waals surface area (Å²) in [5.74, 6) is 1.24. The average Bonchev–Trinajstić information content (AvgIpc) is 3.07. The lowest BCUT2D eigenvalue weighted by atomic mass is 9.85. The van der Waals surface area contributed by atoms with Crippen LogP contribution in [0.25, 0.3) is 5.52 Å². The van der Waals surface area contributed by atoms with E-state index in [4.69, 9.17) is 21.1 Å². The van der Waals surface area contributed by atoms with Crippen molar-refractivity contribution in [2.24, 2.45) is 0 Å². The van der Waals surface area contributed by atoms with E-state index in [0.29, 0.717) is 17.8 Å². The van der Waals surface area contributed by atoms with Crippen LogP contribution in [0.3, 0.4) is 0 Å². The standard InChI is InChI=1S/C22H32ClN5O4/c1-21(2,3)31-19(29)26-14-9-7-8-13(10-14)18-25-11-15-17(23)24-12-16(28(15)18)27-20(30)32-22(4,5)6/h11-14H,7-10H2,1-6H3,(H,26,29)(H,27,30)/t13-,14-/m1/s1. The second-order valence-corrected chi connectivity index (χ2v) is 10.5. The van der Waals surface area contributed by atoms with E-state index in [1.807, 2.05) is 20.8 Å². The fraction of sp³-hybridized carbons (Fsp3) is 0.636. The van der Waals surface area contributed by atoms with Gasteiger partial charge in [0.2, 0.25) is 0 Å². The molecule has 0 radical (unpaired) electrons. The number of ether oxygens (including phenoxy) is 2. The van der Waals surface area contributed by atoms with Crippen LogP contribution in [0.15, 0.2) is 12.4 Å². The Morgan fingerprint density at radius 1 is 1.03 bits per heavy atom. The van der Waals surface area contributed by atoms with Gasteiger partial charge in [0.15, 0.2) is 5.15 Å². The Bertz CT molecular complexity index is 993. The molecule has 2 atom stereocenters. The summed E-state index contributed by atoms with van der Waals surface area (Å²) in [4.78, 5) is 33.4. The molecule has 0 aliphatic heterocycles. The first-order valence-corrected chi connectivity index (χ1v) is 11.2. The molecule has 32 heavy (non-hydrogen) atoms. The highest BCUT2D eigenvalue weighted by Gasteiger charge is 2.30. The van der Waals surface area contributed by atoms with Crippen LogP contribution in [0.5, 0.6) is 0 Å². The fourth-order valence-corrected chi connectivity index (χ4v) is 4.00. The molecule has 0 aromatic carbocycles. The van der Waals surface area contributed by atoms with E-state index in [0.717, 1.165) is 25.1 Å². The summed E-state index contributed by atoms with van der Waals surface area (Å²) >= 11 is 6.29. The first kappa shape index (κ1) is 24.1. The van der Waals surface area contributed by atoms with Crippen LogP contribution in [0, 0.1) is 0 Å². The molecule has 0 spiro atoms. The van der Waals surface area contributed by atoms with E-state index in [-0.39, 0.29) is 17.1 Å². The Balaban J connectivity index is 1.83. The van der Waals surface area contributed by atoms with E-state index in [1.165, 1.54) is 6.20 Å². The van der Waals surface area contributed by atoms with Crippen molar-refractivity contribution in [3.05, 3.63) is 23.4 Å². The maximum Gasteiger partial charge on any atom is 0.413 e. The van der Waals surface area contributed by atoms with Gasteiger partial charge in [-0.3, -0.25) is 9.72 Å². The molecular weight excluding hydrogens is 434 g/mol. The molecule has 2 heterocycles. The van der Waals surface area contributed by atoms with Gasteiger partial charge >= 0.3 is 12.2 Å². The summed E-state index contributed by atoms with van der Waals surface area (Å²) in [5, 5.41) is 6.02. The maximum absolute atomic E-state index is 12.4. The number of imidazole rings is 1. The average molecular weight is 466 g/mol. The van der Waals surface area contributed by atoms with E-state index < -0.39 is 23.4 Å². The summed E-state index contributed by atoms with van der Waals surface area (Å²) in [5.41, 5.74) is -0.591. The van der Waals surface area contributed by atoms with Crippen LogP contribution in [-0.4, -0.2) is 43.8 Å². The molecule has 1 aliphatic carbocycles. The predicted molar refractivity (Wildman–Crippen MR) is 122 cm³/mol. The number of aromatic nitrogens is 3. The molecule has 1 aliphatic rings. The molecule has 0 saturated heterocycles. The number of carbonyl (C=O) groups excluding carboxylic acids is 2. The molecule has 9 nitrogen and oxygen atoms in total. The van der Waals surface area contributed by atoms with Gasteiger partial charge in [-0.25, -0.2) is 19.6 Å². The summed E-state index contributed by atoms with van der Waals surface area (Å²) in [6.07, 6.45) is 5.52. The predicted octanol–water partition coefficient (Wildman–Crippen LogP) is 5.28. The number of halogens is 1. The van der Waals surface area contributed by atoms with Crippen molar-refractivity contribution >= 4 is 35.1 Å². The fourth-order valence-electron chi connectivity index (χ4n) is 3.82. The lowest BCUT2D eigenvalue weighted by Gasteiger charge is -2.30. The number of fused-ring (bicyclic) bond motifs is 1. The number of amides is 2. The van der Waals surface area contributed by atoms with Gasteiger partial charge in [-0.2, -0.15) is 0 Å². The summed E-state index contributed by atoms with van der Waals surface area (Å²) in [6, 6.07) is -0.0319. The maximum atomic E-state index is 12.4. The normalized spacial score (nSPS) is 19.5. The molecule has 2 N–H and O–H groups in total. The Morgan fingerprint density at radius 2 is 1.69 bits per heavy atom. The molecule has 0 bridgehead atoms. The number of anilines is 1. The second kappa shape index (κ2) is 9.13.